The number of aromatic nitrogens is 3. The highest BCUT2D eigenvalue weighted by molar-refractivity contribution is 6.30. The minimum absolute atomic E-state index is 0.158. The van der Waals surface area contributed by atoms with Gasteiger partial charge >= 0.3 is 0 Å². The largest absolute Gasteiger partial charge is 0.457 e. The molecule has 0 radical (unpaired) electrons. The number of pyridine rings is 1. The molecule has 0 aliphatic heterocycles. The monoisotopic (exact) mass is 555 g/mol. The zero-order chi connectivity index (χ0) is 28.1. The van der Waals surface area contributed by atoms with Crippen molar-refractivity contribution in [3.05, 3.63) is 114 Å². The summed E-state index contributed by atoms with van der Waals surface area (Å²) in [6.07, 6.45) is 1.73. The average Bonchev–Trinajstić information content (AvgIpc) is 3.37. The van der Waals surface area contributed by atoms with E-state index in [9.17, 15) is 4.79 Å². The zero-order valence-electron chi connectivity index (χ0n) is 22.3. The highest BCUT2D eigenvalue weighted by atomic mass is 35.5. The third kappa shape index (κ3) is 6.48. The molecule has 2 heterocycles. The fraction of sp³-hybridized carbons (Fsp3) is 0.194. The number of carbonyl (C=O) groups is 1. The molecule has 5 aromatic rings. The fourth-order valence-corrected chi connectivity index (χ4v) is 4.36. The van der Waals surface area contributed by atoms with Crippen LogP contribution in [0.2, 0.25) is 5.02 Å². The summed E-state index contributed by atoms with van der Waals surface area (Å²) < 4.78 is 13.7. The SMILES string of the molecule is CC(C)(N)C(=O)N[C@H](COCc1ccccc1)c1nnc2c(-c3ccc(Oc4ccccc4)cc3)cc(Cl)cn12. The Bertz CT molecular complexity index is 1580. The molecule has 0 unspecified atom stereocenters. The van der Waals surface area contributed by atoms with Gasteiger partial charge in [-0.1, -0.05) is 72.3 Å². The predicted octanol–water partition coefficient (Wildman–Crippen LogP) is 5.95. The van der Waals surface area contributed by atoms with Gasteiger partial charge in [0.1, 0.15) is 17.5 Å². The summed E-state index contributed by atoms with van der Waals surface area (Å²) in [7, 11) is 0. The Balaban J connectivity index is 1.44. The normalized spacial score (nSPS) is 12.3. The number of hydrogen-bond donors (Lipinski definition) is 2. The van der Waals surface area contributed by atoms with Crippen LogP contribution in [0.15, 0.2) is 97.2 Å². The molecule has 0 aliphatic carbocycles. The lowest BCUT2D eigenvalue weighted by atomic mass is 10.1. The molecular weight excluding hydrogens is 526 g/mol. The van der Waals surface area contributed by atoms with Crippen LogP contribution >= 0.6 is 11.6 Å². The minimum atomic E-state index is -1.09. The molecule has 3 N–H and O–H groups in total. The fourth-order valence-electron chi connectivity index (χ4n) is 4.15. The van der Waals surface area contributed by atoms with E-state index < -0.39 is 11.6 Å². The van der Waals surface area contributed by atoms with Crippen molar-refractivity contribution in [2.24, 2.45) is 5.73 Å². The number of benzene rings is 3. The molecule has 3 aromatic carbocycles. The Morgan fingerprint density at radius 2 is 1.62 bits per heavy atom. The molecule has 9 heteroatoms. The molecule has 0 spiro atoms. The van der Waals surface area contributed by atoms with Gasteiger partial charge in [-0.15, -0.1) is 10.2 Å². The zero-order valence-corrected chi connectivity index (χ0v) is 23.0. The van der Waals surface area contributed by atoms with Gasteiger partial charge in [-0.2, -0.15) is 0 Å². The van der Waals surface area contributed by atoms with Crippen LogP contribution in [0.4, 0.5) is 0 Å². The summed E-state index contributed by atoms with van der Waals surface area (Å²) in [5.41, 5.74) is 8.25. The van der Waals surface area contributed by atoms with E-state index in [-0.39, 0.29) is 12.5 Å². The summed E-state index contributed by atoms with van der Waals surface area (Å²) in [5.74, 6) is 1.60. The molecule has 0 bridgehead atoms. The topological polar surface area (TPSA) is 104 Å². The standard InChI is InChI=1S/C31H30ClN5O3/c1-31(2,33)30(38)34-27(20-39-19-21-9-5-3-6-10-21)29-36-35-28-26(17-23(32)18-37(28)29)22-13-15-25(16-14-22)40-24-11-7-4-8-12-24/h3-18,27H,19-20,33H2,1-2H3,(H,34,38)/t27-/m1/s1. The van der Waals surface area contributed by atoms with E-state index in [0.717, 1.165) is 22.4 Å². The van der Waals surface area contributed by atoms with Gasteiger partial charge in [0.2, 0.25) is 5.91 Å². The van der Waals surface area contributed by atoms with E-state index >= 15 is 0 Å². The van der Waals surface area contributed by atoms with Crippen LogP contribution in [-0.4, -0.2) is 32.7 Å². The summed E-state index contributed by atoms with van der Waals surface area (Å²) in [6.45, 7) is 3.82. The van der Waals surface area contributed by atoms with Gasteiger partial charge in [0.05, 0.1) is 23.8 Å². The Kier molecular flexibility index (Phi) is 8.11. The molecule has 5 rings (SSSR count). The van der Waals surface area contributed by atoms with Gasteiger partial charge in [0.15, 0.2) is 11.5 Å². The maximum Gasteiger partial charge on any atom is 0.240 e. The van der Waals surface area contributed by atoms with Gasteiger partial charge in [0, 0.05) is 11.8 Å². The minimum Gasteiger partial charge on any atom is -0.457 e. The molecule has 1 atom stereocenters. The van der Waals surface area contributed by atoms with Crippen molar-refractivity contribution in [2.75, 3.05) is 6.61 Å². The molecule has 0 saturated heterocycles. The number of nitrogens with two attached hydrogens (primary N) is 1. The number of carbonyl (C=O) groups excluding carboxylic acids is 1. The van der Waals surface area contributed by atoms with Gasteiger partial charge < -0.3 is 20.5 Å². The quantitative estimate of drug-likeness (QED) is 0.220. The Hall–Kier alpha value is -4.24. The van der Waals surface area contributed by atoms with Crippen LogP contribution in [0.1, 0.15) is 31.3 Å². The van der Waals surface area contributed by atoms with Crippen LogP contribution < -0.4 is 15.8 Å². The van der Waals surface area contributed by atoms with Crippen molar-refractivity contribution < 1.29 is 14.3 Å². The third-order valence-corrected chi connectivity index (χ3v) is 6.45. The lowest BCUT2D eigenvalue weighted by Gasteiger charge is -2.23. The maximum atomic E-state index is 12.9. The molecule has 0 fully saturated rings. The first-order valence-electron chi connectivity index (χ1n) is 12.9. The van der Waals surface area contributed by atoms with E-state index in [2.05, 4.69) is 15.5 Å². The van der Waals surface area contributed by atoms with Crippen LogP contribution in [0.25, 0.3) is 16.8 Å². The number of ether oxygens (including phenoxy) is 2. The second kappa shape index (κ2) is 11.9. The summed E-state index contributed by atoms with van der Waals surface area (Å²) in [4.78, 5) is 12.9. The summed E-state index contributed by atoms with van der Waals surface area (Å²) in [6, 6.07) is 28.3. The van der Waals surface area contributed by atoms with Crippen molar-refractivity contribution in [3.63, 3.8) is 0 Å². The Morgan fingerprint density at radius 3 is 2.30 bits per heavy atom. The smallest absolute Gasteiger partial charge is 0.240 e. The van der Waals surface area contributed by atoms with Crippen LogP contribution in [-0.2, 0) is 16.1 Å². The number of nitrogens with zero attached hydrogens (tertiary/aromatic N) is 3. The van der Waals surface area contributed by atoms with E-state index in [4.69, 9.17) is 26.8 Å². The molecule has 1 amide bonds. The van der Waals surface area contributed by atoms with Gasteiger partial charge in [-0.05, 0) is 55.3 Å². The second-order valence-corrected chi connectivity index (χ2v) is 10.4. The summed E-state index contributed by atoms with van der Waals surface area (Å²) >= 11 is 6.57. The second-order valence-electron chi connectivity index (χ2n) is 10.0. The van der Waals surface area contributed by atoms with Crippen molar-refractivity contribution in [1.82, 2.24) is 19.9 Å². The number of amides is 1. The average molecular weight is 556 g/mol. The highest BCUT2D eigenvalue weighted by Crippen LogP contribution is 2.31. The molecule has 204 valence electrons. The molecule has 2 aromatic heterocycles. The highest BCUT2D eigenvalue weighted by Gasteiger charge is 2.28. The maximum absolute atomic E-state index is 12.9. The van der Waals surface area contributed by atoms with Crippen molar-refractivity contribution in [3.8, 4) is 22.6 Å². The number of para-hydroxylation sites is 1. The lowest BCUT2D eigenvalue weighted by molar-refractivity contribution is -0.126. The predicted molar refractivity (Wildman–Crippen MR) is 155 cm³/mol. The van der Waals surface area contributed by atoms with E-state index in [0.29, 0.717) is 28.9 Å². The number of rotatable bonds is 10. The number of nitrogens with one attached hydrogen (secondary N) is 1. The van der Waals surface area contributed by atoms with Crippen molar-refractivity contribution in [2.45, 2.75) is 32.0 Å². The Labute approximate surface area is 237 Å². The number of hydrogen-bond acceptors (Lipinski definition) is 6. The van der Waals surface area contributed by atoms with E-state index in [1.54, 1.807) is 24.4 Å². The molecule has 8 nitrogen and oxygen atoms in total. The van der Waals surface area contributed by atoms with Crippen LogP contribution in [0.5, 0.6) is 11.5 Å². The molecular formula is C31H30ClN5O3. The first-order valence-corrected chi connectivity index (χ1v) is 13.2. The molecule has 40 heavy (non-hydrogen) atoms. The van der Waals surface area contributed by atoms with E-state index in [1.165, 1.54) is 0 Å². The van der Waals surface area contributed by atoms with Gasteiger partial charge in [-0.25, -0.2) is 0 Å². The Morgan fingerprint density at radius 1 is 0.975 bits per heavy atom. The summed E-state index contributed by atoms with van der Waals surface area (Å²) in [5, 5.41) is 12.4. The number of halogens is 1. The third-order valence-electron chi connectivity index (χ3n) is 6.24. The first-order chi connectivity index (χ1) is 19.3. The molecule has 0 saturated carbocycles. The van der Waals surface area contributed by atoms with Gasteiger partial charge in [0.25, 0.3) is 0 Å². The molecule has 0 aliphatic rings. The van der Waals surface area contributed by atoms with E-state index in [1.807, 2.05) is 91.0 Å². The van der Waals surface area contributed by atoms with Crippen LogP contribution in [0.3, 0.4) is 0 Å². The van der Waals surface area contributed by atoms with Crippen molar-refractivity contribution >= 4 is 23.2 Å². The van der Waals surface area contributed by atoms with Crippen molar-refractivity contribution in [1.29, 1.82) is 0 Å². The van der Waals surface area contributed by atoms with Crippen LogP contribution in [0, 0.1) is 0 Å². The first kappa shape index (κ1) is 27.3. The lowest BCUT2D eigenvalue weighted by Crippen LogP contribution is -2.50. The number of fused-ring (bicyclic) bond motifs is 1. The van der Waals surface area contributed by atoms with Gasteiger partial charge in [-0.3, -0.25) is 9.20 Å².